The summed E-state index contributed by atoms with van der Waals surface area (Å²) < 4.78 is 1.08. The zero-order valence-electron chi connectivity index (χ0n) is 9.55. The molecule has 2 nitrogen and oxygen atoms in total. The highest BCUT2D eigenvalue weighted by atomic mass is 79.9. The third kappa shape index (κ3) is 3.49. The van der Waals surface area contributed by atoms with Crippen LogP contribution in [0, 0.1) is 0 Å². The minimum Gasteiger partial charge on any atom is -0.181 e. The van der Waals surface area contributed by atoms with Gasteiger partial charge in [0.25, 0.3) is 0 Å². The summed E-state index contributed by atoms with van der Waals surface area (Å²) in [6, 6.07) is 18.0. The van der Waals surface area contributed by atoms with E-state index in [1.807, 2.05) is 49.4 Å². The van der Waals surface area contributed by atoms with E-state index in [4.69, 9.17) is 0 Å². The average Bonchev–Trinajstić information content (AvgIpc) is 2.38. The second kappa shape index (κ2) is 5.73. The maximum Gasteiger partial charge on any atom is 0.0934 e. The van der Waals surface area contributed by atoms with E-state index in [9.17, 15) is 0 Å². The molecule has 0 heterocycles. The molecule has 0 aromatic heterocycles. The van der Waals surface area contributed by atoms with Crippen molar-refractivity contribution in [1.29, 1.82) is 0 Å². The normalized spacial score (nSPS) is 12.8. The summed E-state index contributed by atoms with van der Waals surface area (Å²) in [7, 11) is 0. The predicted octanol–water partition coefficient (Wildman–Crippen LogP) is 5.29. The maximum absolute atomic E-state index is 4.30. The first kappa shape index (κ1) is 12.0. The Bertz CT molecular complexity index is 491. The third-order valence-electron chi connectivity index (χ3n) is 2.46. The van der Waals surface area contributed by atoms with Crippen LogP contribution in [-0.4, -0.2) is 0 Å². The van der Waals surface area contributed by atoms with Crippen LogP contribution in [0.25, 0.3) is 0 Å². The molecule has 2 aromatic rings. The Kier molecular flexibility index (Phi) is 4.04. The van der Waals surface area contributed by atoms with Gasteiger partial charge in [-0.2, -0.15) is 10.2 Å². The second-order valence-electron chi connectivity index (χ2n) is 3.78. The fraction of sp³-hybridized carbons (Fsp3) is 0.143. The van der Waals surface area contributed by atoms with E-state index < -0.39 is 0 Å². The lowest BCUT2D eigenvalue weighted by Gasteiger charge is -2.04. The molecular formula is C14H13BrN2. The molecule has 0 bridgehead atoms. The second-order valence-corrected chi connectivity index (χ2v) is 4.69. The summed E-state index contributed by atoms with van der Waals surface area (Å²) in [5, 5.41) is 8.52. The maximum atomic E-state index is 4.30. The molecule has 0 spiro atoms. The molecule has 0 aliphatic heterocycles. The van der Waals surface area contributed by atoms with Gasteiger partial charge in [-0.1, -0.05) is 46.3 Å². The average molecular weight is 289 g/mol. The minimum absolute atomic E-state index is 0.0725. The van der Waals surface area contributed by atoms with E-state index in [-0.39, 0.29) is 6.04 Å². The fourth-order valence-corrected chi connectivity index (χ4v) is 1.72. The summed E-state index contributed by atoms with van der Waals surface area (Å²) in [4.78, 5) is 0. The molecule has 1 atom stereocenters. The first-order chi connectivity index (χ1) is 8.25. The van der Waals surface area contributed by atoms with Gasteiger partial charge in [-0.3, -0.25) is 0 Å². The zero-order valence-corrected chi connectivity index (χ0v) is 11.1. The van der Waals surface area contributed by atoms with Crippen LogP contribution in [0.5, 0.6) is 0 Å². The molecule has 0 aliphatic rings. The van der Waals surface area contributed by atoms with Crippen molar-refractivity contribution in [1.82, 2.24) is 0 Å². The number of halogens is 1. The van der Waals surface area contributed by atoms with E-state index in [1.165, 1.54) is 0 Å². The summed E-state index contributed by atoms with van der Waals surface area (Å²) in [6.07, 6.45) is 0. The number of nitrogens with zero attached hydrogens (tertiary/aromatic N) is 2. The molecule has 0 fully saturated rings. The minimum atomic E-state index is 0.0725. The van der Waals surface area contributed by atoms with Gasteiger partial charge >= 0.3 is 0 Å². The van der Waals surface area contributed by atoms with Gasteiger partial charge in [-0.15, -0.1) is 0 Å². The van der Waals surface area contributed by atoms with Crippen molar-refractivity contribution in [2.45, 2.75) is 13.0 Å². The Morgan fingerprint density at radius 1 is 0.941 bits per heavy atom. The van der Waals surface area contributed by atoms with E-state index in [1.54, 1.807) is 0 Å². The van der Waals surface area contributed by atoms with Crippen LogP contribution in [0.2, 0.25) is 0 Å². The lowest BCUT2D eigenvalue weighted by molar-refractivity contribution is 0.763. The molecule has 0 radical (unpaired) electrons. The molecule has 0 saturated heterocycles. The Morgan fingerprint density at radius 2 is 1.59 bits per heavy atom. The van der Waals surface area contributed by atoms with Gasteiger partial charge in [-0.05, 0) is 36.8 Å². The molecule has 0 amide bonds. The molecule has 2 aromatic carbocycles. The smallest absolute Gasteiger partial charge is 0.0934 e. The number of hydrogen-bond acceptors (Lipinski definition) is 2. The van der Waals surface area contributed by atoms with Gasteiger partial charge in [0.15, 0.2) is 0 Å². The van der Waals surface area contributed by atoms with E-state index >= 15 is 0 Å². The van der Waals surface area contributed by atoms with Gasteiger partial charge in [0.1, 0.15) is 0 Å². The SMILES string of the molecule is CC(N=Nc1ccccc1)c1ccc(Br)cc1. The highest BCUT2D eigenvalue weighted by Gasteiger charge is 2.02. The molecular weight excluding hydrogens is 276 g/mol. The summed E-state index contributed by atoms with van der Waals surface area (Å²) in [5.74, 6) is 0. The van der Waals surface area contributed by atoms with Crippen LogP contribution in [-0.2, 0) is 0 Å². The fourth-order valence-electron chi connectivity index (χ4n) is 1.46. The van der Waals surface area contributed by atoms with Crippen molar-refractivity contribution in [3.63, 3.8) is 0 Å². The first-order valence-electron chi connectivity index (χ1n) is 5.47. The van der Waals surface area contributed by atoms with Crippen molar-refractivity contribution < 1.29 is 0 Å². The summed E-state index contributed by atoms with van der Waals surface area (Å²) in [5.41, 5.74) is 2.05. The third-order valence-corrected chi connectivity index (χ3v) is 2.98. The van der Waals surface area contributed by atoms with Gasteiger partial charge < -0.3 is 0 Å². The Balaban J connectivity index is 2.09. The lowest BCUT2D eigenvalue weighted by Crippen LogP contribution is -1.87. The topological polar surface area (TPSA) is 24.7 Å². The quantitative estimate of drug-likeness (QED) is 0.685. The van der Waals surface area contributed by atoms with Gasteiger partial charge in [0.2, 0.25) is 0 Å². The van der Waals surface area contributed by atoms with Gasteiger partial charge in [-0.25, -0.2) is 0 Å². The van der Waals surface area contributed by atoms with Crippen molar-refractivity contribution in [3.05, 3.63) is 64.6 Å². The van der Waals surface area contributed by atoms with Crippen LogP contribution in [0.1, 0.15) is 18.5 Å². The lowest BCUT2D eigenvalue weighted by atomic mass is 10.1. The van der Waals surface area contributed by atoms with Crippen LogP contribution >= 0.6 is 15.9 Å². The molecule has 1 unspecified atom stereocenters. The van der Waals surface area contributed by atoms with Gasteiger partial charge in [0, 0.05) is 4.47 Å². The summed E-state index contributed by atoms with van der Waals surface area (Å²) in [6.45, 7) is 2.04. The number of azo groups is 1. The number of benzene rings is 2. The Labute approximate surface area is 110 Å². The summed E-state index contributed by atoms with van der Waals surface area (Å²) >= 11 is 3.42. The van der Waals surface area contributed by atoms with E-state index in [0.29, 0.717) is 0 Å². The Hall–Kier alpha value is -1.48. The molecule has 17 heavy (non-hydrogen) atoms. The monoisotopic (exact) mass is 288 g/mol. The van der Waals surface area contributed by atoms with Crippen LogP contribution in [0.15, 0.2) is 69.3 Å². The first-order valence-corrected chi connectivity index (χ1v) is 6.26. The number of rotatable bonds is 3. The van der Waals surface area contributed by atoms with Crippen LogP contribution in [0.3, 0.4) is 0 Å². The molecule has 0 saturated carbocycles. The number of hydrogen-bond donors (Lipinski definition) is 0. The van der Waals surface area contributed by atoms with Crippen molar-refractivity contribution in [2.24, 2.45) is 10.2 Å². The zero-order chi connectivity index (χ0) is 12.1. The van der Waals surface area contributed by atoms with E-state index in [2.05, 4.69) is 38.3 Å². The highest BCUT2D eigenvalue weighted by molar-refractivity contribution is 9.10. The molecule has 2 rings (SSSR count). The molecule has 86 valence electrons. The largest absolute Gasteiger partial charge is 0.181 e. The van der Waals surface area contributed by atoms with Crippen molar-refractivity contribution in [2.75, 3.05) is 0 Å². The van der Waals surface area contributed by atoms with Crippen LogP contribution < -0.4 is 0 Å². The standard InChI is InChI=1S/C14H13BrN2/c1-11(12-7-9-13(15)10-8-12)16-17-14-5-3-2-4-6-14/h2-11H,1H3. The predicted molar refractivity (Wildman–Crippen MR) is 73.5 cm³/mol. The highest BCUT2D eigenvalue weighted by Crippen LogP contribution is 2.21. The molecule has 0 N–H and O–H groups in total. The molecule has 0 aliphatic carbocycles. The van der Waals surface area contributed by atoms with Gasteiger partial charge in [0.05, 0.1) is 11.7 Å². The molecule has 3 heteroatoms. The van der Waals surface area contributed by atoms with Crippen molar-refractivity contribution >= 4 is 21.6 Å². The van der Waals surface area contributed by atoms with E-state index in [0.717, 1.165) is 15.7 Å². The van der Waals surface area contributed by atoms with Crippen LogP contribution in [0.4, 0.5) is 5.69 Å². The van der Waals surface area contributed by atoms with Crippen molar-refractivity contribution in [3.8, 4) is 0 Å². The Morgan fingerprint density at radius 3 is 2.24 bits per heavy atom.